The average molecular weight is 389 g/mol. The van der Waals surface area contributed by atoms with Crippen molar-refractivity contribution in [2.45, 2.75) is 83.5 Å². The van der Waals surface area contributed by atoms with E-state index in [4.69, 9.17) is 9.47 Å². The molecule has 5 aliphatic rings. The summed E-state index contributed by atoms with van der Waals surface area (Å²) in [6.45, 7) is 5.84. The Balaban J connectivity index is 1.42. The second kappa shape index (κ2) is 5.91. The number of esters is 1. The number of epoxide rings is 1. The number of aliphatic hydroxyl groups excluding tert-OH is 1. The number of ketones is 1. The molecule has 1 aliphatic heterocycles. The first-order valence-corrected chi connectivity index (χ1v) is 10.9. The summed E-state index contributed by atoms with van der Waals surface area (Å²) >= 11 is 0. The van der Waals surface area contributed by atoms with Gasteiger partial charge < -0.3 is 14.6 Å². The Morgan fingerprint density at radius 1 is 1.25 bits per heavy atom. The van der Waals surface area contributed by atoms with Crippen LogP contribution in [-0.4, -0.2) is 41.3 Å². The van der Waals surface area contributed by atoms with Crippen molar-refractivity contribution in [2.75, 3.05) is 6.61 Å². The van der Waals surface area contributed by atoms with Gasteiger partial charge in [0.1, 0.15) is 0 Å². The van der Waals surface area contributed by atoms with Gasteiger partial charge in [-0.05, 0) is 68.1 Å². The van der Waals surface area contributed by atoms with E-state index in [1.54, 1.807) is 0 Å². The Kier molecular flexibility index (Phi) is 3.97. The fourth-order valence-corrected chi connectivity index (χ4v) is 7.83. The molecule has 1 N–H and O–H groups in total. The van der Waals surface area contributed by atoms with E-state index < -0.39 is 11.6 Å². The van der Waals surface area contributed by atoms with Crippen LogP contribution in [0.3, 0.4) is 0 Å². The number of rotatable bonds is 3. The zero-order valence-electron chi connectivity index (χ0n) is 17.2. The maximum Gasteiger partial charge on any atom is 0.303 e. The molecular formula is C23H32O5. The van der Waals surface area contributed by atoms with Gasteiger partial charge in [-0.3, -0.25) is 9.59 Å². The molecule has 4 aliphatic carbocycles. The number of Topliss-reactive ketones (excluding diaryl/α,β-unsaturated/α-hetero) is 1. The van der Waals surface area contributed by atoms with Crippen LogP contribution in [-0.2, 0) is 19.1 Å². The molecule has 5 rings (SSSR count). The maximum absolute atomic E-state index is 13.0. The lowest BCUT2D eigenvalue weighted by molar-refractivity contribution is -0.152. The highest BCUT2D eigenvalue weighted by atomic mass is 16.6. The van der Waals surface area contributed by atoms with Gasteiger partial charge in [-0.15, -0.1) is 0 Å². The van der Waals surface area contributed by atoms with Gasteiger partial charge in [0.15, 0.2) is 12.2 Å². The quantitative estimate of drug-likeness (QED) is 0.456. The van der Waals surface area contributed by atoms with E-state index in [1.807, 2.05) is 0 Å². The van der Waals surface area contributed by atoms with Gasteiger partial charge in [0.25, 0.3) is 0 Å². The molecule has 0 radical (unpaired) electrons. The minimum absolute atomic E-state index is 0.00401. The molecule has 28 heavy (non-hydrogen) atoms. The zero-order chi connectivity index (χ0) is 19.9. The SMILES string of the molecule is CC(=O)OCC(=O)[C@@]12O[C@@H]1C[C@H]1[C@@H]3CC=C4C[C@@H](O)CC[C@]4(C)[C@H]3CC[C@@]12C. The van der Waals surface area contributed by atoms with Crippen LogP contribution >= 0.6 is 0 Å². The van der Waals surface area contributed by atoms with Crippen molar-refractivity contribution in [3.63, 3.8) is 0 Å². The molecule has 3 saturated carbocycles. The summed E-state index contributed by atoms with van der Waals surface area (Å²) in [6.07, 6.45) is 9.14. The number of hydrogen-bond donors (Lipinski definition) is 1. The van der Waals surface area contributed by atoms with Crippen molar-refractivity contribution in [3.8, 4) is 0 Å². The predicted octanol–water partition coefficient (Wildman–Crippen LogP) is 3.19. The smallest absolute Gasteiger partial charge is 0.303 e. The van der Waals surface area contributed by atoms with Crippen LogP contribution in [0.5, 0.6) is 0 Å². The van der Waals surface area contributed by atoms with E-state index in [0.717, 1.165) is 44.9 Å². The Morgan fingerprint density at radius 2 is 2.04 bits per heavy atom. The maximum atomic E-state index is 13.0. The second-order valence-electron chi connectivity index (χ2n) is 10.4. The molecule has 1 saturated heterocycles. The highest BCUT2D eigenvalue weighted by Gasteiger charge is 2.80. The first kappa shape index (κ1) is 18.8. The van der Waals surface area contributed by atoms with Gasteiger partial charge >= 0.3 is 5.97 Å². The van der Waals surface area contributed by atoms with Crippen molar-refractivity contribution >= 4 is 11.8 Å². The van der Waals surface area contributed by atoms with Crippen LogP contribution in [0.25, 0.3) is 0 Å². The Bertz CT molecular complexity index is 758. The normalized spacial score (nSPS) is 51.1. The molecule has 0 spiro atoms. The van der Waals surface area contributed by atoms with Gasteiger partial charge in [-0.2, -0.15) is 0 Å². The molecule has 5 nitrogen and oxygen atoms in total. The van der Waals surface area contributed by atoms with E-state index in [9.17, 15) is 14.7 Å². The topological polar surface area (TPSA) is 76.1 Å². The van der Waals surface area contributed by atoms with Crippen LogP contribution in [0, 0.1) is 28.6 Å². The molecule has 0 unspecified atom stereocenters. The Morgan fingerprint density at radius 3 is 2.79 bits per heavy atom. The largest absolute Gasteiger partial charge is 0.458 e. The molecule has 0 aromatic carbocycles. The first-order chi connectivity index (χ1) is 13.2. The molecule has 5 heteroatoms. The number of ether oxygens (including phenoxy) is 2. The van der Waals surface area contributed by atoms with Crippen molar-refractivity contribution in [2.24, 2.45) is 28.6 Å². The summed E-state index contributed by atoms with van der Waals surface area (Å²) in [5.41, 5.74) is 0.778. The van der Waals surface area contributed by atoms with Crippen LogP contribution in [0.4, 0.5) is 0 Å². The minimum Gasteiger partial charge on any atom is -0.458 e. The lowest BCUT2D eigenvalue weighted by atomic mass is 9.47. The van der Waals surface area contributed by atoms with Crippen LogP contribution in [0.15, 0.2) is 11.6 Å². The zero-order valence-corrected chi connectivity index (χ0v) is 17.2. The van der Waals surface area contributed by atoms with Gasteiger partial charge in [-0.25, -0.2) is 0 Å². The van der Waals surface area contributed by atoms with Crippen LogP contribution < -0.4 is 0 Å². The van der Waals surface area contributed by atoms with E-state index in [0.29, 0.717) is 17.8 Å². The lowest BCUT2D eigenvalue weighted by Crippen LogP contribution is -2.55. The van der Waals surface area contributed by atoms with Gasteiger partial charge in [0, 0.05) is 12.3 Å². The van der Waals surface area contributed by atoms with Crippen molar-refractivity contribution in [3.05, 3.63) is 11.6 Å². The molecule has 8 atom stereocenters. The number of carbonyl (C=O) groups is 2. The standard InChI is InChI=1S/C23H32O5/c1-13(24)27-12-19(26)23-20(28-23)11-18-16-5-4-14-10-15(25)6-8-21(14,2)17(16)7-9-22(18,23)3/h4,15-18,20,25H,5-12H2,1-3H3/t15-,16+,17-,18-,20+,21-,22-,23+/m0/s1. The number of fused-ring (bicyclic) bond motifs is 7. The molecule has 0 aromatic rings. The number of hydrogen-bond acceptors (Lipinski definition) is 5. The average Bonchev–Trinajstić information content (AvgIpc) is 3.32. The van der Waals surface area contributed by atoms with Gasteiger partial charge in [0.05, 0.1) is 12.2 Å². The molecule has 4 fully saturated rings. The van der Waals surface area contributed by atoms with Crippen molar-refractivity contribution in [1.29, 1.82) is 0 Å². The molecule has 0 bridgehead atoms. The third-order valence-corrected chi connectivity index (χ3v) is 9.33. The lowest BCUT2D eigenvalue weighted by Gasteiger charge is -2.58. The molecule has 154 valence electrons. The van der Waals surface area contributed by atoms with Crippen LogP contribution in [0.2, 0.25) is 0 Å². The molecule has 0 aromatic heterocycles. The highest BCUT2D eigenvalue weighted by Crippen LogP contribution is 2.73. The van der Waals surface area contributed by atoms with E-state index in [1.165, 1.54) is 12.5 Å². The molecule has 0 amide bonds. The fraction of sp³-hybridized carbons (Fsp3) is 0.826. The fourth-order valence-electron chi connectivity index (χ4n) is 7.83. The van der Waals surface area contributed by atoms with E-state index in [-0.39, 0.29) is 35.4 Å². The Labute approximate surface area is 166 Å². The monoisotopic (exact) mass is 388 g/mol. The number of aliphatic hydroxyl groups is 1. The summed E-state index contributed by atoms with van der Waals surface area (Å²) < 4.78 is 11.1. The minimum atomic E-state index is -0.730. The third kappa shape index (κ3) is 2.26. The summed E-state index contributed by atoms with van der Waals surface area (Å²) in [6, 6.07) is 0. The van der Waals surface area contributed by atoms with Crippen molar-refractivity contribution < 1.29 is 24.2 Å². The summed E-state index contributed by atoms with van der Waals surface area (Å²) in [7, 11) is 0. The third-order valence-electron chi connectivity index (χ3n) is 9.33. The Hall–Kier alpha value is -1.20. The number of carbonyl (C=O) groups excluding carboxylic acids is 2. The molecular weight excluding hydrogens is 356 g/mol. The van der Waals surface area contributed by atoms with Gasteiger partial charge in [-0.1, -0.05) is 25.5 Å². The number of allylic oxidation sites excluding steroid dienone is 1. The summed E-state index contributed by atoms with van der Waals surface area (Å²) in [5.74, 6) is 1.24. The second-order valence-corrected chi connectivity index (χ2v) is 10.4. The summed E-state index contributed by atoms with van der Waals surface area (Å²) in [5, 5.41) is 10.1. The van der Waals surface area contributed by atoms with Crippen molar-refractivity contribution in [1.82, 2.24) is 0 Å². The van der Waals surface area contributed by atoms with Crippen LogP contribution in [0.1, 0.15) is 65.7 Å². The first-order valence-electron chi connectivity index (χ1n) is 10.9. The molecule has 1 heterocycles. The summed E-state index contributed by atoms with van der Waals surface area (Å²) in [4.78, 5) is 24.2. The predicted molar refractivity (Wildman–Crippen MR) is 102 cm³/mol. The van der Waals surface area contributed by atoms with E-state index in [2.05, 4.69) is 19.9 Å². The van der Waals surface area contributed by atoms with Gasteiger partial charge in [0.2, 0.25) is 5.78 Å². The highest BCUT2D eigenvalue weighted by molar-refractivity contribution is 5.94. The van der Waals surface area contributed by atoms with E-state index >= 15 is 0 Å².